The summed E-state index contributed by atoms with van der Waals surface area (Å²) < 4.78 is 14.1. The number of rotatable bonds is 3. The number of benzene rings is 1. The summed E-state index contributed by atoms with van der Waals surface area (Å²) in [7, 11) is 0. The van der Waals surface area contributed by atoms with Crippen molar-refractivity contribution in [3.63, 3.8) is 0 Å². The van der Waals surface area contributed by atoms with Gasteiger partial charge in [-0.1, -0.05) is 25.3 Å². The summed E-state index contributed by atoms with van der Waals surface area (Å²) >= 11 is 3.35. The van der Waals surface area contributed by atoms with Crippen LogP contribution in [0.3, 0.4) is 0 Å². The Morgan fingerprint density at radius 1 is 1.00 bits per heavy atom. The zero-order valence-electron chi connectivity index (χ0n) is 14.4. The Morgan fingerprint density at radius 3 is 2.62 bits per heavy atom. The summed E-state index contributed by atoms with van der Waals surface area (Å²) in [5, 5.41) is 0. The summed E-state index contributed by atoms with van der Waals surface area (Å²) in [4.78, 5) is 5.47. The van der Waals surface area contributed by atoms with Gasteiger partial charge in [0.25, 0.3) is 0 Å². The second-order valence-electron chi connectivity index (χ2n) is 7.85. The third kappa shape index (κ3) is 3.42. The lowest BCUT2D eigenvalue weighted by molar-refractivity contribution is -0.00381. The van der Waals surface area contributed by atoms with Crippen LogP contribution in [0, 0.1) is 11.7 Å². The van der Waals surface area contributed by atoms with E-state index in [1.54, 1.807) is 6.07 Å². The number of hydrogen-bond donors (Lipinski definition) is 0. The normalized spacial score (nSPS) is 29.8. The van der Waals surface area contributed by atoms with E-state index in [0.29, 0.717) is 10.5 Å². The van der Waals surface area contributed by atoms with Gasteiger partial charge in [-0.2, -0.15) is 0 Å². The molecule has 1 aliphatic carbocycles. The topological polar surface area (TPSA) is 6.48 Å². The van der Waals surface area contributed by atoms with Crippen LogP contribution in [-0.4, -0.2) is 41.5 Å². The van der Waals surface area contributed by atoms with Gasteiger partial charge in [-0.3, -0.25) is 9.80 Å². The summed E-state index contributed by atoms with van der Waals surface area (Å²) in [5.41, 5.74) is 1.23. The minimum atomic E-state index is -0.164. The van der Waals surface area contributed by atoms with E-state index < -0.39 is 0 Å². The maximum Gasteiger partial charge on any atom is 0.137 e. The first-order valence-corrected chi connectivity index (χ1v) is 10.4. The summed E-state index contributed by atoms with van der Waals surface area (Å²) in [6, 6.07) is 6.98. The van der Waals surface area contributed by atoms with E-state index in [2.05, 4.69) is 25.7 Å². The van der Waals surface area contributed by atoms with Crippen LogP contribution in [0.5, 0.6) is 0 Å². The third-order valence-corrected chi connectivity index (χ3v) is 7.01. The van der Waals surface area contributed by atoms with Crippen LogP contribution in [0.15, 0.2) is 22.7 Å². The molecular weight excluding hydrogens is 367 g/mol. The smallest absolute Gasteiger partial charge is 0.137 e. The zero-order valence-corrected chi connectivity index (χ0v) is 16.0. The van der Waals surface area contributed by atoms with Crippen molar-refractivity contribution in [1.29, 1.82) is 0 Å². The van der Waals surface area contributed by atoms with Gasteiger partial charge < -0.3 is 0 Å². The minimum absolute atomic E-state index is 0.164. The predicted octanol–water partition coefficient (Wildman–Crippen LogP) is 4.82. The van der Waals surface area contributed by atoms with Gasteiger partial charge >= 0.3 is 0 Å². The molecule has 0 amide bonds. The number of nitrogens with zero attached hydrogens (tertiary/aromatic N) is 2. The molecule has 2 saturated heterocycles. The van der Waals surface area contributed by atoms with Gasteiger partial charge in [-0.15, -0.1) is 0 Å². The molecule has 1 aromatic carbocycles. The van der Waals surface area contributed by atoms with Gasteiger partial charge in [-0.25, -0.2) is 4.39 Å². The van der Waals surface area contributed by atoms with E-state index >= 15 is 0 Å². The molecule has 1 saturated carbocycles. The summed E-state index contributed by atoms with van der Waals surface area (Å²) in [6.45, 7) is 4.62. The van der Waals surface area contributed by atoms with E-state index in [1.165, 1.54) is 63.6 Å². The molecule has 0 spiro atoms. The summed E-state index contributed by atoms with van der Waals surface area (Å²) in [6.07, 6.45) is 9.77. The largest absolute Gasteiger partial charge is 0.298 e. The predicted molar refractivity (Wildman–Crippen MR) is 99.5 cm³/mol. The molecule has 2 nitrogen and oxygen atoms in total. The van der Waals surface area contributed by atoms with Crippen LogP contribution < -0.4 is 0 Å². The molecule has 0 aromatic heterocycles. The quantitative estimate of drug-likeness (QED) is 0.724. The van der Waals surface area contributed by atoms with E-state index in [9.17, 15) is 4.39 Å². The monoisotopic (exact) mass is 394 g/mol. The number of piperazine rings is 1. The lowest BCUT2D eigenvalue weighted by Gasteiger charge is -2.49. The molecule has 2 atom stereocenters. The molecule has 3 aliphatic rings. The van der Waals surface area contributed by atoms with E-state index in [0.717, 1.165) is 25.0 Å². The molecule has 3 fully saturated rings. The first-order chi connectivity index (χ1) is 11.7. The maximum atomic E-state index is 13.6. The highest BCUT2D eigenvalue weighted by atomic mass is 79.9. The van der Waals surface area contributed by atoms with Crippen molar-refractivity contribution in [2.24, 2.45) is 5.92 Å². The third-order valence-electron chi connectivity index (χ3n) is 6.41. The molecule has 4 rings (SSSR count). The Balaban J connectivity index is 1.55. The Morgan fingerprint density at radius 2 is 1.83 bits per heavy atom. The molecule has 0 N–H and O–H groups in total. The van der Waals surface area contributed by atoms with Crippen molar-refractivity contribution in [3.8, 4) is 0 Å². The van der Waals surface area contributed by atoms with Crippen molar-refractivity contribution in [2.45, 2.75) is 63.6 Å². The van der Waals surface area contributed by atoms with Gasteiger partial charge in [-0.05, 0) is 71.8 Å². The SMILES string of the molecule is Fc1ccc(CN2CCN3CCC[C@@H]3[C@@H]2C2CCCCC2)cc1Br. The first-order valence-electron chi connectivity index (χ1n) is 9.64. The van der Waals surface area contributed by atoms with Crippen LogP contribution in [-0.2, 0) is 6.54 Å². The maximum absolute atomic E-state index is 13.6. The van der Waals surface area contributed by atoms with Crippen LogP contribution in [0.25, 0.3) is 0 Å². The van der Waals surface area contributed by atoms with Gasteiger partial charge in [0.15, 0.2) is 0 Å². The molecule has 0 unspecified atom stereocenters. The van der Waals surface area contributed by atoms with E-state index in [1.807, 2.05) is 12.1 Å². The van der Waals surface area contributed by atoms with Gasteiger partial charge in [0.2, 0.25) is 0 Å². The van der Waals surface area contributed by atoms with Crippen LogP contribution >= 0.6 is 15.9 Å². The van der Waals surface area contributed by atoms with E-state index in [-0.39, 0.29) is 5.82 Å². The first kappa shape index (κ1) is 17.0. The molecule has 2 heterocycles. The Hall–Kier alpha value is -0.450. The van der Waals surface area contributed by atoms with Crippen molar-refractivity contribution in [2.75, 3.05) is 19.6 Å². The van der Waals surface area contributed by atoms with Crippen LogP contribution in [0.2, 0.25) is 0 Å². The average Bonchev–Trinajstić information content (AvgIpc) is 3.07. The molecule has 24 heavy (non-hydrogen) atoms. The molecule has 0 bridgehead atoms. The van der Waals surface area contributed by atoms with Crippen LogP contribution in [0.4, 0.5) is 4.39 Å². The molecule has 132 valence electrons. The molecule has 1 aromatic rings. The van der Waals surface area contributed by atoms with Crippen molar-refractivity contribution < 1.29 is 4.39 Å². The second kappa shape index (κ2) is 7.43. The zero-order chi connectivity index (χ0) is 16.5. The van der Waals surface area contributed by atoms with E-state index in [4.69, 9.17) is 0 Å². The highest BCUT2D eigenvalue weighted by Gasteiger charge is 2.42. The fourth-order valence-electron chi connectivity index (χ4n) is 5.31. The van der Waals surface area contributed by atoms with Crippen molar-refractivity contribution in [3.05, 3.63) is 34.1 Å². The standard InChI is InChI=1S/C20H28BrFN2/c21-17-13-15(8-9-18(17)22)14-24-12-11-23-10-4-7-19(23)20(24)16-5-2-1-3-6-16/h8-9,13,16,19-20H,1-7,10-12,14H2/t19-,20+/m1/s1. The Bertz CT molecular complexity index is 573. The molecule has 4 heteroatoms. The van der Waals surface area contributed by atoms with Crippen LogP contribution in [0.1, 0.15) is 50.5 Å². The van der Waals surface area contributed by atoms with Crippen molar-refractivity contribution in [1.82, 2.24) is 9.80 Å². The number of halogens is 2. The molecule has 2 aliphatic heterocycles. The second-order valence-corrected chi connectivity index (χ2v) is 8.71. The van der Waals surface area contributed by atoms with Crippen molar-refractivity contribution >= 4 is 15.9 Å². The van der Waals surface area contributed by atoms with Gasteiger partial charge in [0.1, 0.15) is 5.82 Å². The Kier molecular flexibility index (Phi) is 5.26. The van der Waals surface area contributed by atoms with Gasteiger partial charge in [0, 0.05) is 31.7 Å². The fraction of sp³-hybridized carbons (Fsp3) is 0.700. The summed E-state index contributed by atoms with van der Waals surface area (Å²) in [5.74, 6) is 0.691. The Labute approximate surface area is 153 Å². The minimum Gasteiger partial charge on any atom is -0.298 e. The lowest BCUT2D eigenvalue weighted by atomic mass is 9.78. The highest BCUT2D eigenvalue weighted by molar-refractivity contribution is 9.10. The highest BCUT2D eigenvalue weighted by Crippen LogP contribution is 2.38. The number of hydrogen-bond acceptors (Lipinski definition) is 2. The molecule has 0 radical (unpaired) electrons. The van der Waals surface area contributed by atoms with Gasteiger partial charge in [0.05, 0.1) is 4.47 Å². The lowest BCUT2D eigenvalue weighted by Crippen LogP contribution is -2.59. The number of fused-ring (bicyclic) bond motifs is 1. The fourth-order valence-corrected chi connectivity index (χ4v) is 5.74. The average molecular weight is 395 g/mol. The molecular formula is C20H28BrFN2.